The zero-order chi connectivity index (χ0) is 56.1. The fraction of sp³-hybridized carbons (Fsp3) is 0.942. The van der Waals surface area contributed by atoms with E-state index in [1.54, 1.807) is 0 Å². The summed E-state index contributed by atoms with van der Waals surface area (Å²) in [6, 6.07) is 0. The van der Waals surface area contributed by atoms with E-state index in [4.69, 9.17) is 92.2 Å². The van der Waals surface area contributed by atoms with Crippen LogP contribution in [0.5, 0.6) is 0 Å². The van der Waals surface area contributed by atoms with Crippen LogP contribution in [0.1, 0.15) is 67.7 Å². The first-order valence-electron chi connectivity index (χ1n) is 27.7. The molecule has 0 saturated carbocycles. The Labute approximate surface area is 475 Å². The first-order valence-corrected chi connectivity index (χ1v) is 30.9. The Hall–Kier alpha value is -1.05. The number of ether oxygens (including phenoxy) is 18. The van der Waals surface area contributed by atoms with Gasteiger partial charge in [-0.15, -0.1) is 0 Å². The average molecular weight is 1200 g/mol. The van der Waals surface area contributed by atoms with Gasteiger partial charge < -0.3 is 28.4 Å². The minimum atomic E-state index is -1.91. The van der Waals surface area contributed by atoms with Gasteiger partial charge in [-0.05, 0) is 41.5 Å². The van der Waals surface area contributed by atoms with Gasteiger partial charge in [0.2, 0.25) is 0 Å². The molecule has 4 atom stereocenters. The summed E-state index contributed by atoms with van der Waals surface area (Å²) in [4.78, 5) is 41.7. The Kier molecular flexibility index (Phi) is 52.1. The first kappa shape index (κ1) is 74.0. The van der Waals surface area contributed by atoms with E-state index in [1.165, 1.54) is 0 Å². The van der Waals surface area contributed by atoms with Crippen molar-refractivity contribution in [3.05, 3.63) is 0 Å². The molecule has 1 heterocycles. The molecule has 0 aliphatic carbocycles. The van der Waals surface area contributed by atoms with Crippen LogP contribution >= 0.6 is 0 Å². The van der Waals surface area contributed by atoms with Gasteiger partial charge in [-0.25, -0.2) is 0 Å². The van der Waals surface area contributed by atoms with Gasteiger partial charge in [0.05, 0.1) is 59.5 Å². The number of nitrogens with zero attached hydrogens (tertiary/aromatic N) is 1. The number of hydrogen-bond acceptors (Lipinski definition) is 23. The van der Waals surface area contributed by atoms with E-state index >= 15 is 0 Å². The molecule has 77 heavy (non-hydrogen) atoms. The predicted octanol–water partition coefficient (Wildman–Crippen LogP) is 3.32. The monoisotopic (exact) mass is 1190 g/mol. The van der Waals surface area contributed by atoms with E-state index in [-0.39, 0.29) is 98.5 Å². The third-order valence-corrected chi connectivity index (χ3v) is 13.4. The zero-order valence-electron chi connectivity index (χ0n) is 47.9. The Morgan fingerprint density at radius 2 is 0.675 bits per heavy atom. The van der Waals surface area contributed by atoms with Crippen molar-refractivity contribution in [1.82, 2.24) is 5.06 Å². The summed E-state index contributed by atoms with van der Waals surface area (Å²) in [5.41, 5.74) is -0.959. The summed E-state index contributed by atoms with van der Waals surface area (Å²) in [5.74, 6) is -1.74. The second-order valence-electron chi connectivity index (χ2n) is 17.2. The second-order valence-corrected chi connectivity index (χ2v) is 20.1. The van der Waals surface area contributed by atoms with Gasteiger partial charge in [0.1, 0.15) is 0 Å². The molecule has 1 aliphatic heterocycles. The second kappa shape index (κ2) is 54.2. The molecule has 0 aromatic rings. The van der Waals surface area contributed by atoms with E-state index in [9.17, 15) is 14.4 Å². The summed E-state index contributed by atoms with van der Waals surface area (Å²) in [6.07, 6.45) is -1.83. The fourth-order valence-electron chi connectivity index (χ4n) is 6.79. The van der Waals surface area contributed by atoms with Crippen molar-refractivity contribution in [2.45, 2.75) is 95.4 Å². The molecule has 0 bridgehead atoms. The van der Waals surface area contributed by atoms with E-state index in [0.717, 1.165) is 0 Å². The minimum absolute atomic E-state index is 0.0121. The summed E-state index contributed by atoms with van der Waals surface area (Å²) in [5, 5.41) is 0.553. The molecule has 0 spiro atoms. The molecule has 0 N–H and O–H groups in total. The molecule has 0 radical (unpaired) electrons. The van der Waals surface area contributed by atoms with Gasteiger partial charge in [-0.3, -0.25) is 0 Å². The number of amides is 2. The van der Waals surface area contributed by atoms with Crippen molar-refractivity contribution in [3.63, 3.8) is 0 Å². The van der Waals surface area contributed by atoms with E-state index in [2.05, 4.69) is 0 Å². The van der Waals surface area contributed by atoms with Crippen LogP contribution in [0, 0.1) is 5.41 Å². The van der Waals surface area contributed by atoms with Crippen molar-refractivity contribution in [2.24, 2.45) is 5.41 Å². The van der Waals surface area contributed by atoms with Gasteiger partial charge >= 0.3 is 309 Å². The predicted molar refractivity (Wildman–Crippen MR) is 275 cm³/mol. The molecule has 2 amide bonds. The van der Waals surface area contributed by atoms with E-state index in [0.29, 0.717) is 147 Å². The molecular weight excluding hydrogens is 1100 g/mol. The van der Waals surface area contributed by atoms with Gasteiger partial charge in [-0.2, -0.15) is 0 Å². The van der Waals surface area contributed by atoms with Gasteiger partial charge in [0, 0.05) is 39.6 Å². The van der Waals surface area contributed by atoms with Crippen molar-refractivity contribution in [2.75, 3.05) is 218 Å². The van der Waals surface area contributed by atoms with Crippen LogP contribution in [-0.2, 0) is 136 Å². The zero-order valence-corrected chi connectivity index (χ0v) is 50.7. The van der Waals surface area contributed by atoms with Gasteiger partial charge in [-0.1, -0.05) is 0 Å². The summed E-state index contributed by atoms with van der Waals surface area (Å²) in [7, 11) is 0. The van der Waals surface area contributed by atoms with Crippen LogP contribution in [0.25, 0.3) is 0 Å². The molecule has 4 unspecified atom stereocenters. The van der Waals surface area contributed by atoms with Crippen molar-refractivity contribution in [3.8, 4) is 0 Å². The summed E-state index contributed by atoms with van der Waals surface area (Å²) in [6.45, 7) is 24.8. The molecule has 0 aromatic carbocycles. The average Bonchev–Trinajstić information content (AvgIpc) is 3.74. The minimum Gasteiger partial charge on any atom is -0.379 e. The van der Waals surface area contributed by atoms with Crippen LogP contribution < -0.4 is 0 Å². The van der Waals surface area contributed by atoms with Crippen LogP contribution in [0.15, 0.2) is 0 Å². The Morgan fingerprint density at radius 1 is 0.403 bits per heavy atom. The normalized spacial score (nSPS) is 15.2. The first-order chi connectivity index (χ1) is 37.7. The van der Waals surface area contributed by atoms with Crippen molar-refractivity contribution >= 4 is 17.8 Å². The van der Waals surface area contributed by atoms with Crippen LogP contribution in [0.3, 0.4) is 0 Å². The van der Waals surface area contributed by atoms with Crippen molar-refractivity contribution in [1.29, 1.82) is 0 Å². The smallest absolute Gasteiger partial charge is 0.379 e. The van der Waals surface area contributed by atoms with E-state index in [1.807, 2.05) is 48.5 Å². The molecule has 24 nitrogen and oxygen atoms in total. The third-order valence-electron chi connectivity index (χ3n) is 10.7. The Balaban J connectivity index is 3.54. The molecule has 0 aromatic heterocycles. The standard InChI is InChI=1S/C45H91O19.C7H8NO4.Y/c1-8-47-15-19-54-29-41(46)30-58-37-45(38-59-34-42(62-26-23-51-12-5)31-55-20-16-48-9-2,39-60-35-43(63-27-24-52-13-6)32-56-21-17-49-10-3)40-61-36-44(64-28-25-53-14-7)33-57-22-18-50-11-4;1-2-7(11)12-8-5(9)3-4-6(8)10;/h41-44H,8-40H2,1-7H3;1-4H2;/q-1;;+1. The number of hydrogen-bond donors (Lipinski definition) is 0. The maximum absolute atomic E-state index is 12.6. The molecule has 1 rings (SSSR count). The number of carbonyl (C=O) groups is 3. The molecule has 453 valence electrons. The summed E-state index contributed by atoms with van der Waals surface area (Å²) < 4.78 is 114. The topological polar surface area (TPSA) is 239 Å². The maximum atomic E-state index is 12.6. The van der Waals surface area contributed by atoms with Crippen LogP contribution in [-0.4, -0.2) is 265 Å². The molecular formula is C52H99NO23Y. The third kappa shape index (κ3) is 42.4. The number of hydroxylamine groups is 2. The van der Waals surface area contributed by atoms with Crippen molar-refractivity contribution < 1.29 is 136 Å². The fourth-order valence-corrected chi connectivity index (χ4v) is 9.04. The number of rotatable bonds is 61. The molecule has 1 fully saturated rings. The molecule has 25 heteroatoms. The van der Waals surface area contributed by atoms with Gasteiger partial charge in [0.15, 0.2) is 0 Å². The van der Waals surface area contributed by atoms with Crippen LogP contribution in [0.4, 0.5) is 0 Å². The number of carbonyl (C=O) groups excluding carboxylic acids is 3. The molecule has 1 aliphatic rings. The molecule has 1 saturated heterocycles. The van der Waals surface area contributed by atoms with Crippen LogP contribution in [0.2, 0.25) is 3.23 Å². The van der Waals surface area contributed by atoms with Gasteiger partial charge in [0.25, 0.3) is 0 Å². The quantitative estimate of drug-likeness (QED) is 0.0627. The Bertz CT molecular complexity index is 1240. The summed E-state index contributed by atoms with van der Waals surface area (Å²) >= 11 is -1.91. The Morgan fingerprint density at radius 3 is 1.00 bits per heavy atom. The van der Waals surface area contributed by atoms with E-state index < -0.39 is 77.3 Å². The number of imide groups is 1. The SMILES string of the molecule is CCOCCOCC(COCC(COCC(COCCOCC)OCCOCC)(COCC(COCCOCC)OCCOCC)COCC(COCCOCC)[O][Y][CH2]CC(=O)ON1C(=O)CCC1=O)OCCOCC.